The highest BCUT2D eigenvalue weighted by Gasteiger charge is 2.32. The van der Waals surface area contributed by atoms with Crippen LogP contribution in [0.5, 0.6) is 0 Å². The van der Waals surface area contributed by atoms with Crippen LogP contribution in [0.1, 0.15) is 119 Å². The Balaban J connectivity index is 0.000000281. The number of carbonyl (C=O) groups is 1. The zero-order valence-electron chi connectivity index (χ0n) is 29.8. The predicted octanol–water partition coefficient (Wildman–Crippen LogP) is 13.8. The summed E-state index contributed by atoms with van der Waals surface area (Å²) in [5.41, 5.74) is 5.22. The van der Waals surface area contributed by atoms with E-state index < -0.39 is 30.5 Å². The largest absolute Gasteiger partial charge is 0.465 e. The van der Waals surface area contributed by atoms with Crippen molar-refractivity contribution >= 4 is 17.1 Å². The molecule has 3 nitrogen and oxygen atoms in total. The van der Waals surface area contributed by atoms with Crippen LogP contribution >= 0.6 is 0 Å². The van der Waals surface area contributed by atoms with Crippen LogP contribution in [-0.4, -0.2) is 18.2 Å². The van der Waals surface area contributed by atoms with Gasteiger partial charge in [-0.25, -0.2) is 31.1 Å². The quantitative estimate of drug-likeness (QED) is 0.144. The highest BCUT2D eigenvalue weighted by atomic mass is 19.3. The zero-order chi connectivity index (χ0) is 38.0. The molecular weight excluding hydrogens is 702 g/mol. The maximum Gasteiger partial charge on any atom is 0.337 e. The van der Waals surface area contributed by atoms with Crippen molar-refractivity contribution in [3.8, 4) is 22.3 Å². The fourth-order valence-electron chi connectivity index (χ4n) is 7.09. The third kappa shape index (κ3) is 9.17. The van der Waals surface area contributed by atoms with E-state index >= 15 is 0 Å². The van der Waals surface area contributed by atoms with Gasteiger partial charge in [-0.3, -0.25) is 0 Å². The molecule has 4 aromatic carbocycles. The van der Waals surface area contributed by atoms with E-state index in [-0.39, 0.29) is 54.5 Å². The minimum Gasteiger partial charge on any atom is -0.465 e. The number of benzene rings is 4. The van der Waals surface area contributed by atoms with E-state index in [4.69, 9.17) is 4.74 Å². The lowest BCUT2D eigenvalue weighted by molar-refractivity contribution is 0.0600. The molecule has 0 saturated heterocycles. The highest BCUT2D eigenvalue weighted by molar-refractivity contribution is 5.94. The normalized spacial score (nSPS) is 15.4. The first-order valence-electron chi connectivity index (χ1n) is 17.1. The number of ether oxygens (including phenoxy) is 1. The second kappa shape index (κ2) is 17.7. The van der Waals surface area contributed by atoms with Crippen LogP contribution < -0.4 is 0 Å². The van der Waals surface area contributed by atoms with Crippen LogP contribution in [0.4, 0.5) is 26.3 Å². The van der Waals surface area contributed by atoms with Gasteiger partial charge in [0.05, 0.1) is 19.3 Å². The molecule has 0 aromatic heterocycles. The molecule has 290 valence electrons. The van der Waals surface area contributed by atoms with Crippen LogP contribution in [0.3, 0.4) is 0 Å². The van der Waals surface area contributed by atoms with E-state index in [1.807, 2.05) is 6.07 Å². The molecule has 9 heteroatoms. The van der Waals surface area contributed by atoms with Crippen molar-refractivity contribution in [2.24, 2.45) is 10.8 Å². The summed E-state index contributed by atoms with van der Waals surface area (Å²) >= 11 is 0. The fourth-order valence-corrected chi connectivity index (χ4v) is 7.09. The number of rotatable bonds is 8. The minimum atomic E-state index is -2.69. The van der Waals surface area contributed by atoms with Gasteiger partial charge >= 0.3 is 5.97 Å². The van der Waals surface area contributed by atoms with Crippen LogP contribution in [0.25, 0.3) is 33.4 Å². The molecule has 0 amide bonds. The van der Waals surface area contributed by atoms with Gasteiger partial charge in [-0.05, 0) is 118 Å². The third-order valence-corrected chi connectivity index (χ3v) is 10.0. The van der Waals surface area contributed by atoms with E-state index in [0.717, 1.165) is 66.7 Å². The van der Waals surface area contributed by atoms with Crippen LogP contribution in [0, 0.1) is 22.5 Å². The number of allylic oxidation sites excluding steroid dienone is 4. The summed E-state index contributed by atoms with van der Waals surface area (Å²) in [6.07, 6.45) is 2.53. The van der Waals surface area contributed by atoms with Gasteiger partial charge in [0.1, 0.15) is 11.6 Å². The Morgan fingerprint density at radius 1 is 0.648 bits per heavy atom. The lowest BCUT2D eigenvalue weighted by atomic mass is 9.79. The molecule has 0 saturated carbocycles. The van der Waals surface area contributed by atoms with E-state index in [1.165, 1.54) is 25.3 Å². The van der Waals surface area contributed by atoms with E-state index in [9.17, 15) is 36.2 Å². The van der Waals surface area contributed by atoms with Gasteiger partial charge < -0.3 is 9.84 Å². The molecule has 0 spiro atoms. The molecular formula is C45H50F6O3. The Kier molecular flexibility index (Phi) is 14.3. The summed E-state index contributed by atoms with van der Waals surface area (Å²) in [5, 5.41) is 9.48. The Hall–Kier alpha value is -4.63. The van der Waals surface area contributed by atoms with Crippen molar-refractivity contribution in [2.75, 3.05) is 7.11 Å². The van der Waals surface area contributed by atoms with Crippen molar-refractivity contribution in [1.82, 2.24) is 0 Å². The molecule has 0 radical (unpaired) electrons. The van der Waals surface area contributed by atoms with E-state index in [0.29, 0.717) is 27.8 Å². The van der Waals surface area contributed by atoms with Crippen LogP contribution in [0.15, 0.2) is 84.9 Å². The number of esters is 1. The number of aliphatic hydroxyl groups excluding tert-OH is 1. The summed E-state index contributed by atoms with van der Waals surface area (Å²) in [5.74, 6) is -1.61. The minimum absolute atomic E-state index is 0. The van der Waals surface area contributed by atoms with Crippen molar-refractivity contribution in [1.29, 1.82) is 0 Å². The van der Waals surface area contributed by atoms with Crippen molar-refractivity contribution in [3.05, 3.63) is 130 Å². The first-order chi connectivity index (χ1) is 24.6. The molecule has 54 heavy (non-hydrogen) atoms. The molecule has 0 atom stereocenters. The average Bonchev–Trinajstić information content (AvgIpc) is 3.66. The first kappa shape index (κ1) is 43.8. The average molecular weight is 753 g/mol. The highest BCUT2D eigenvalue weighted by Crippen LogP contribution is 2.49. The zero-order valence-corrected chi connectivity index (χ0v) is 29.8. The summed E-state index contributed by atoms with van der Waals surface area (Å²) in [6, 6.07) is 16.8. The SMILES string of the molecule is C.C.CC1(C)CCC=C1c1cc(CO)ccc1-c1cc(C(F)F)ccc1F.COC(=O)c1ccc(-c2cc(C(F)F)ccc2F)c(C2=CCCC2(C)C)c1. The molecule has 2 aliphatic rings. The van der Waals surface area contributed by atoms with Gasteiger partial charge in [0.2, 0.25) is 0 Å². The monoisotopic (exact) mass is 752 g/mol. The van der Waals surface area contributed by atoms with Crippen molar-refractivity contribution in [3.63, 3.8) is 0 Å². The molecule has 0 aliphatic heterocycles. The van der Waals surface area contributed by atoms with Gasteiger partial charge in [-0.15, -0.1) is 0 Å². The second-order valence-corrected chi connectivity index (χ2v) is 14.5. The third-order valence-electron chi connectivity index (χ3n) is 10.0. The number of halogens is 6. The van der Waals surface area contributed by atoms with Gasteiger partial charge in [-0.1, -0.05) is 85.0 Å². The smallest absolute Gasteiger partial charge is 0.337 e. The lowest BCUT2D eigenvalue weighted by Gasteiger charge is -2.25. The number of methoxy groups -OCH3 is 1. The topological polar surface area (TPSA) is 46.5 Å². The predicted molar refractivity (Wildman–Crippen MR) is 206 cm³/mol. The number of carbonyl (C=O) groups excluding carboxylic acids is 1. The maximum absolute atomic E-state index is 14.5. The molecule has 0 bridgehead atoms. The van der Waals surface area contributed by atoms with Crippen LogP contribution in [0.2, 0.25) is 0 Å². The van der Waals surface area contributed by atoms with Crippen molar-refractivity contribution in [2.45, 2.75) is 87.7 Å². The van der Waals surface area contributed by atoms with Gasteiger partial charge in [0, 0.05) is 22.3 Å². The molecule has 0 unspecified atom stereocenters. The van der Waals surface area contributed by atoms with E-state index in [2.05, 4.69) is 39.8 Å². The molecule has 4 aromatic rings. The summed E-state index contributed by atoms with van der Waals surface area (Å²) in [4.78, 5) is 12.0. The Morgan fingerprint density at radius 3 is 1.48 bits per heavy atom. The Labute approximate surface area is 315 Å². The van der Waals surface area contributed by atoms with Crippen LogP contribution in [-0.2, 0) is 11.3 Å². The number of aliphatic hydroxyl groups is 1. The molecule has 6 rings (SSSR count). The second-order valence-electron chi connectivity index (χ2n) is 14.5. The van der Waals surface area contributed by atoms with Gasteiger partial charge in [-0.2, -0.15) is 0 Å². The lowest BCUT2D eigenvalue weighted by Crippen LogP contribution is -2.11. The Morgan fingerprint density at radius 2 is 1.09 bits per heavy atom. The summed E-state index contributed by atoms with van der Waals surface area (Å²) in [6.45, 7) is 8.26. The first-order valence-corrected chi connectivity index (χ1v) is 17.1. The molecule has 1 N–H and O–H groups in total. The maximum atomic E-state index is 14.5. The standard InChI is InChI=1S/C22H21F3O2.C21H21F3O.2CH4/c1-22(2)10-4-5-18(22)16-12-14(21(26)27-3)6-8-15(16)17-11-13(20(24)25)7-9-19(17)23;1-21(2)9-3-4-18(21)16-10-13(12-25)5-7-15(16)17-11-14(20(23)24)6-8-19(17)22;;/h5-9,11-12,20H,4,10H2,1-3H3;4-8,10-11,20,25H,3,9,12H2,1-2H3;2*1H4. The molecule has 2 aliphatic carbocycles. The van der Waals surface area contributed by atoms with E-state index in [1.54, 1.807) is 24.3 Å². The fraction of sp³-hybridized carbons (Fsp3) is 0.356. The number of hydrogen-bond donors (Lipinski definition) is 1. The van der Waals surface area contributed by atoms with Gasteiger partial charge in [0.25, 0.3) is 12.9 Å². The van der Waals surface area contributed by atoms with Crippen molar-refractivity contribution < 1.29 is 41.0 Å². The van der Waals surface area contributed by atoms with Gasteiger partial charge in [0.15, 0.2) is 0 Å². The summed E-state index contributed by atoms with van der Waals surface area (Å²) in [7, 11) is 1.29. The summed E-state index contributed by atoms with van der Waals surface area (Å²) < 4.78 is 86.2. The number of hydrogen-bond acceptors (Lipinski definition) is 3. The molecule has 0 heterocycles. The Bertz CT molecular complexity index is 2030. The number of alkyl halides is 4. The molecule has 0 fully saturated rings.